The highest BCUT2D eigenvalue weighted by atomic mass is 32.2. The van der Waals surface area contributed by atoms with Gasteiger partial charge in [-0.3, -0.25) is 9.67 Å². The van der Waals surface area contributed by atoms with Crippen LogP contribution in [0, 0.1) is 11.6 Å². The fourth-order valence-corrected chi connectivity index (χ4v) is 3.63. The van der Waals surface area contributed by atoms with Crippen molar-refractivity contribution in [3.05, 3.63) is 71.7 Å². The number of benzene rings is 1. The van der Waals surface area contributed by atoms with Crippen LogP contribution in [0.2, 0.25) is 0 Å². The molecule has 2 heterocycles. The number of halogens is 2. The summed E-state index contributed by atoms with van der Waals surface area (Å²) in [6.07, 6.45) is 3.31. The maximum Gasteiger partial charge on any atom is 0.216 e. The van der Waals surface area contributed by atoms with Gasteiger partial charge in [0.2, 0.25) is 10.0 Å². The van der Waals surface area contributed by atoms with E-state index < -0.39 is 27.4 Å². The highest BCUT2D eigenvalue weighted by Crippen LogP contribution is 2.19. The van der Waals surface area contributed by atoms with Crippen molar-refractivity contribution in [1.29, 1.82) is 0 Å². The van der Waals surface area contributed by atoms with Crippen molar-refractivity contribution in [3.8, 4) is 11.3 Å². The Morgan fingerprint density at radius 3 is 2.38 bits per heavy atom. The largest absolute Gasteiger partial charge is 0.268 e. The van der Waals surface area contributed by atoms with Crippen LogP contribution in [-0.2, 0) is 29.4 Å². The topological polar surface area (TPSA) is 76.9 Å². The molecule has 0 saturated carbocycles. The lowest BCUT2D eigenvalue weighted by Crippen LogP contribution is -2.25. The zero-order chi connectivity index (χ0) is 18.7. The zero-order valence-corrected chi connectivity index (χ0v) is 14.7. The first-order chi connectivity index (χ1) is 12.3. The number of nitrogens with zero attached hydrogens (tertiary/aromatic N) is 3. The molecule has 0 unspecified atom stereocenters. The number of nitrogens with one attached hydrogen (secondary N) is 1. The molecule has 1 N–H and O–H groups in total. The molecule has 2 aromatic heterocycles. The van der Waals surface area contributed by atoms with Crippen molar-refractivity contribution in [3.63, 3.8) is 0 Å². The number of sulfonamides is 1. The highest BCUT2D eigenvalue weighted by Gasteiger charge is 2.15. The Labute approximate surface area is 149 Å². The molecule has 0 aliphatic rings. The van der Waals surface area contributed by atoms with Gasteiger partial charge in [-0.1, -0.05) is 0 Å². The van der Waals surface area contributed by atoms with Gasteiger partial charge in [-0.05, 0) is 35.9 Å². The molecule has 0 aliphatic carbocycles. The third-order valence-electron chi connectivity index (χ3n) is 3.66. The average Bonchev–Trinajstić information content (AvgIpc) is 2.93. The summed E-state index contributed by atoms with van der Waals surface area (Å²) in [5.41, 5.74) is 2.27. The van der Waals surface area contributed by atoms with E-state index in [1.165, 1.54) is 0 Å². The van der Waals surface area contributed by atoms with Crippen LogP contribution in [0.1, 0.15) is 11.3 Å². The lowest BCUT2D eigenvalue weighted by molar-refractivity contribution is 0.573. The number of pyridine rings is 1. The van der Waals surface area contributed by atoms with E-state index in [2.05, 4.69) is 14.8 Å². The van der Waals surface area contributed by atoms with Gasteiger partial charge in [0.05, 0.1) is 23.7 Å². The first kappa shape index (κ1) is 18.2. The molecule has 3 rings (SSSR count). The first-order valence-electron chi connectivity index (χ1n) is 7.68. The summed E-state index contributed by atoms with van der Waals surface area (Å²) >= 11 is 0. The average molecular weight is 378 g/mol. The van der Waals surface area contributed by atoms with E-state index in [0.29, 0.717) is 11.8 Å². The Hall–Kier alpha value is -2.65. The van der Waals surface area contributed by atoms with E-state index in [4.69, 9.17) is 0 Å². The van der Waals surface area contributed by atoms with E-state index >= 15 is 0 Å². The Morgan fingerprint density at radius 1 is 1.08 bits per heavy atom. The van der Waals surface area contributed by atoms with Crippen molar-refractivity contribution in [2.75, 3.05) is 0 Å². The second kappa shape index (κ2) is 7.30. The van der Waals surface area contributed by atoms with E-state index in [9.17, 15) is 17.2 Å². The van der Waals surface area contributed by atoms with Crippen LogP contribution in [0.25, 0.3) is 11.3 Å². The monoisotopic (exact) mass is 378 g/mol. The molecule has 6 nitrogen and oxygen atoms in total. The van der Waals surface area contributed by atoms with Gasteiger partial charge in [-0.25, -0.2) is 21.9 Å². The van der Waals surface area contributed by atoms with Crippen LogP contribution in [0.15, 0.2) is 48.8 Å². The standard InChI is InChI=1S/C17H16F2N4O2S/c1-23-17(13-2-4-20-5-3-13)9-16(22-23)10-21-26(24,25)11-12-6-14(18)8-15(19)7-12/h2-9,21H,10-11H2,1H3. The lowest BCUT2D eigenvalue weighted by Gasteiger charge is -2.06. The molecule has 0 saturated heterocycles. The van der Waals surface area contributed by atoms with Gasteiger partial charge in [0.25, 0.3) is 0 Å². The zero-order valence-electron chi connectivity index (χ0n) is 13.9. The lowest BCUT2D eigenvalue weighted by atomic mass is 10.2. The van der Waals surface area contributed by atoms with Crippen molar-refractivity contribution < 1.29 is 17.2 Å². The summed E-state index contributed by atoms with van der Waals surface area (Å²) in [4.78, 5) is 3.95. The van der Waals surface area contributed by atoms with Gasteiger partial charge < -0.3 is 0 Å². The van der Waals surface area contributed by atoms with Crippen LogP contribution in [-0.4, -0.2) is 23.2 Å². The Balaban J connectivity index is 1.70. The van der Waals surface area contributed by atoms with Crippen molar-refractivity contribution in [1.82, 2.24) is 19.5 Å². The Bertz CT molecular complexity index is 1000. The predicted octanol–water partition coefficient (Wildman–Crippen LogP) is 2.38. The summed E-state index contributed by atoms with van der Waals surface area (Å²) in [5, 5.41) is 4.27. The van der Waals surface area contributed by atoms with Crippen LogP contribution in [0.5, 0.6) is 0 Å². The van der Waals surface area contributed by atoms with E-state index in [1.54, 1.807) is 30.2 Å². The molecule has 0 spiro atoms. The molecule has 9 heteroatoms. The van der Waals surface area contributed by atoms with Crippen LogP contribution >= 0.6 is 0 Å². The molecule has 0 bridgehead atoms. The highest BCUT2D eigenvalue weighted by molar-refractivity contribution is 7.88. The van der Waals surface area contributed by atoms with E-state index in [1.807, 2.05) is 12.1 Å². The van der Waals surface area contributed by atoms with E-state index in [0.717, 1.165) is 23.4 Å². The van der Waals surface area contributed by atoms with Crippen molar-refractivity contribution in [2.24, 2.45) is 7.05 Å². The Kier molecular flexibility index (Phi) is 5.10. The molecular weight excluding hydrogens is 362 g/mol. The van der Waals surface area contributed by atoms with Crippen LogP contribution in [0.3, 0.4) is 0 Å². The van der Waals surface area contributed by atoms with Crippen molar-refractivity contribution >= 4 is 10.0 Å². The molecule has 0 radical (unpaired) electrons. The molecule has 0 amide bonds. The minimum atomic E-state index is -3.78. The van der Waals surface area contributed by atoms with Crippen LogP contribution in [0.4, 0.5) is 8.78 Å². The number of hydrogen-bond acceptors (Lipinski definition) is 4. The van der Waals surface area contributed by atoms with Gasteiger partial charge in [0.1, 0.15) is 11.6 Å². The Morgan fingerprint density at radius 2 is 1.73 bits per heavy atom. The van der Waals surface area contributed by atoms with Crippen molar-refractivity contribution in [2.45, 2.75) is 12.3 Å². The SMILES string of the molecule is Cn1nc(CNS(=O)(=O)Cc2cc(F)cc(F)c2)cc1-c1ccncc1. The fourth-order valence-electron chi connectivity index (χ4n) is 2.55. The number of aromatic nitrogens is 3. The maximum atomic E-state index is 13.2. The third kappa shape index (κ3) is 4.50. The summed E-state index contributed by atoms with van der Waals surface area (Å²) in [5.74, 6) is -2.16. The van der Waals surface area contributed by atoms with Gasteiger partial charge in [0.15, 0.2) is 0 Å². The molecule has 136 valence electrons. The van der Waals surface area contributed by atoms with Gasteiger partial charge in [-0.15, -0.1) is 0 Å². The second-order valence-corrected chi connectivity index (χ2v) is 7.55. The minimum Gasteiger partial charge on any atom is -0.268 e. The summed E-state index contributed by atoms with van der Waals surface area (Å²) in [7, 11) is -2.02. The van der Waals surface area contributed by atoms with Gasteiger partial charge >= 0.3 is 0 Å². The number of hydrogen-bond donors (Lipinski definition) is 1. The normalized spacial score (nSPS) is 11.7. The quantitative estimate of drug-likeness (QED) is 0.715. The number of aryl methyl sites for hydroxylation is 1. The molecule has 0 aliphatic heterocycles. The maximum absolute atomic E-state index is 13.2. The molecule has 26 heavy (non-hydrogen) atoms. The van der Waals surface area contributed by atoms with Gasteiger partial charge in [0, 0.05) is 31.1 Å². The third-order valence-corrected chi connectivity index (χ3v) is 4.96. The number of rotatable bonds is 6. The predicted molar refractivity (Wildman–Crippen MR) is 92.3 cm³/mol. The molecule has 1 aromatic carbocycles. The minimum absolute atomic E-state index is 0.0287. The summed E-state index contributed by atoms with van der Waals surface area (Å²) < 4.78 is 54.7. The first-order valence-corrected chi connectivity index (χ1v) is 9.33. The second-order valence-electron chi connectivity index (χ2n) is 5.74. The van der Waals surface area contributed by atoms with Gasteiger partial charge in [-0.2, -0.15) is 5.10 Å². The van der Waals surface area contributed by atoms with Crippen LogP contribution < -0.4 is 4.72 Å². The van der Waals surface area contributed by atoms with E-state index in [-0.39, 0.29) is 12.1 Å². The summed E-state index contributed by atoms with van der Waals surface area (Å²) in [6, 6.07) is 8.08. The molecule has 3 aromatic rings. The molecule has 0 atom stereocenters. The fraction of sp³-hybridized carbons (Fsp3) is 0.176. The summed E-state index contributed by atoms with van der Waals surface area (Å²) in [6.45, 7) is -0.0287. The molecular formula is C17H16F2N4O2S. The smallest absolute Gasteiger partial charge is 0.216 e. The molecule has 0 fully saturated rings.